The van der Waals surface area contributed by atoms with Crippen LogP contribution in [0.1, 0.15) is 27.2 Å². The van der Waals surface area contributed by atoms with Gasteiger partial charge < -0.3 is 9.30 Å². The van der Waals surface area contributed by atoms with Crippen LogP contribution in [-0.4, -0.2) is 17.6 Å². The molecule has 0 fully saturated rings. The first kappa shape index (κ1) is 16.7. The monoisotopic (exact) mass is 415 g/mol. The molecule has 0 aliphatic carbocycles. The first-order valence-electron chi connectivity index (χ1n) is 6.57. The molecule has 0 amide bonds. The van der Waals surface area contributed by atoms with E-state index in [9.17, 15) is 14.0 Å². The van der Waals surface area contributed by atoms with Crippen molar-refractivity contribution in [3.8, 4) is 0 Å². The van der Waals surface area contributed by atoms with Crippen LogP contribution in [0.2, 0.25) is 0 Å². The lowest BCUT2D eigenvalue weighted by Crippen LogP contribution is -2.26. The number of benzene rings is 1. The summed E-state index contributed by atoms with van der Waals surface area (Å²) in [6.07, 6.45) is 0.138. The molecule has 0 aliphatic heterocycles. The number of hydrogen-bond acceptors (Lipinski definition) is 3. The number of methoxy groups -OCH3 is 1. The second-order valence-electron chi connectivity index (χ2n) is 4.96. The predicted octanol–water partition coefficient (Wildman–Crippen LogP) is 2.81. The summed E-state index contributed by atoms with van der Waals surface area (Å²) < 4.78 is 21.0. The Hall–Kier alpha value is -1.70. The van der Waals surface area contributed by atoms with E-state index in [0.717, 1.165) is 3.57 Å². The standard InChI is InChI=1S/C16H15FINO3/c1-9-6-12(16(21)22-3)14(19(2)15(9)20)7-10-4-5-11(18)8-13(10)17/h4-6,8H,7H2,1-3H3. The molecular weight excluding hydrogens is 400 g/mol. The molecule has 6 heteroatoms. The van der Waals surface area contributed by atoms with Crippen LogP contribution < -0.4 is 5.56 Å². The number of carbonyl (C=O) groups is 1. The molecule has 1 aromatic heterocycles. The van der Waals surface area contributed by atoms with Gasteiger partial charge in [-0.25, -0.2) is 9.18 Å². The zero-order valence-electron chi connectivity index (χ0n) is 12.4. The molecule has 1 aromatic carbocycles. The van der Waals surface area contributed by atoms with E-state index >= 15 is 0 Å². The highest BCUT2D eigenvalue weighted by Gasteiger charge is 2.18. The zero-order valence-corrected chi connectivity index (χ0v) is 14.6. The third-order valence-electron chi connectivity index (χ3n) is 3.50. The lowest BCUT2D eigenvalue weighted by atomic mass is 10.0. The topological polar surface area (TPSA) is 48.3 Å². The third kappa shape index (κ3) is 3.21. The Balaban J connectivity index is 2.60. The lowest BCUT2D eigenvalue weighted by Gasteiger charge is -2.14. The van der Waals surface area contributed by atoms with Crippen LogP contribution in [-0.2, 0) is 18.2 Å². The van der Waals surface area contributed by atoms with E-state index in [1.165, 1.54) is 23.8 Å². The van der Waals surface area contributed by atoms with Crippen LogP contribution in [0.4, 0.5) is 4.39 Å². The molecule has 0 atom stereocenters. The average molecular weight is 415 g/mol. The number of rotatable bonds is 3. The van der Waals surface area contributed by atoms with Crippen LogP contribution in [0.25, 0.3) is 0 Å². The summed E-state index contributed by atoms with van der Waals surface area (Å²) >= 11 is 2.02. The number of nitrogens with zero attached hydrogens (tertiary/aromatic N) is 1. The Kier molecular flexibility index (Phi) is 5.00. The number of pyridine rings is 1. The molecule has 2 rings (SSSR count). The minimum Gasteiger partial charge on any atom is -0.465 e. The Morgan fingerprint density at radius 3 is 2.64 bits per heavy atom. The lowest BCUT2D eigenvalue weighted by molar-refractivity contribution is 0.0598. The Morgan fingerprint density at radius 1 is 1.36 bits per heavy atom. The molecule has 0 radical (unpaired) electrons. The molecule has 0 aliphatic rings. The fraction of sp³-hybridized carbons (Fsp3) is 0.250. The number of aryl methyl sites for hydroxylation is 1. The fourth-order valence-corrected chi connectivity index (χ4v) is 2.73. The van der Waals surface area contributed by atoms with Gasteiger partial charge in [-0.05, 0) is 53.3 Å². The number of carbonyl (C=O) groups excluding carboxylic acids is 1. The van der Waals surface area contributed by atoms with Gasteiger partial charge in [0.2, 0.25) is 0 Å². The van der Waals surface area contributed by atoms with Crippen molar-refractivity contribution in [2.24, 2.45) is 7.05 Å². The van der Waals surface area contributed by atoms with E-state index in [1.807, 2.05) is 22.6 Å². The first-order chi connectivity index (χ1) is 10.3. The molecule has 4 nitrogen and oxygen atoms in total. The van der Waals surface area contributed by atoms with Crippen molar-refractivity contribution in [3.63, 3.8) is 0 Å². The van der Waals surface area contributed by atoms with Crippen molar-refractivity contribution in [3.05, 3.63) is 66.4 Å². The molecule has 0 saturated carbocycles. The van der Waals surface area contributed by atoms with Gasteiger partial charge >= 0.3 is 5.97 Å². The molecule has 2 aromatic rings. The number of esters is 1. The number of hydrogen-bond donors (Lipinski definition) is 0. The van der Waals surface area contributed by atoms with Gasteiger partial charge in [0.1, 0.15) is 5.82 Å². The van der Waals surface area contributed by atoms with Gasteiger partial charge in [-0.15, -0.1) is 0 Å². The van der Waals surface area contributed by atoms with Crippen molar-refractivity contribution >= 4 is 28.6 Å². The molecule has 0 bridgehead atoms. The highest BCUT2D eigenvalue weighted by atomic mass is 127. The van der Waals surface area contributed by atoms with Crippen molar-refractivity contribution in [1.29, 1.82) is 0 Å². The SMILES string of the molecule is COC(=O)c1cc(C)c(=O)n(C)c1Cc1ccc(I)cc1F. The third-order valence-corrected chi connectivity index (χ3v) is 4.17. The van der Waals surface area contributed by atoms with Crippen LogP contribution in [0, 0.1) is 16.3 Å². The van der Waals surface area contributed by atoms with E-state index in [2.05, 4.69) is 0 Å². The predicted molar refractivity (Wildman–Crippen MR) is 89.7 cm³/mol. The average Bonchev–Trinajstić information content (AvgIpc) is 2.49. The van der Waals surface area contributed by atoms with E-state index < -0.39 is 5.97 Å². The van der Waals surface area contributed by atoms with E-state index in [4.69, 9.17) is 4.74 Å². The number of halogens is 2. The summed E-state index contributed by atoms with van der Waals surface area (Å²) in [6, 6.07) is 6.35. The van der Waals surface area contributed by atoms with Gasteiger partial charge in [-0.2, -0.15) is 0 Å². The molecule has 116 valence electrons. The van der Waals surface area contributed by atoms with Crippen LogP contribution in [0.3, 0.4) is 0 Å². The normalized spacial score (nSPS) is 10.6. The first-order valence-corrected chi connectivity index (χ1v) is 7.64. The molecule has 0 saturated heterocycles. The zero-order chi connectivity index (χ0) is 16.4. The Labute approximate surface area is 141 Å². The maximum absolute atomic E-state index is 14.1. The highest BCUT2D eigenvalue weighted by molar-refractivity contribution is 14.1. The fourth-order valence-electron chi connectivity index (χ4n) is 2.28. The van der Waals surface area contributed by atoms with Gasteiger partial charge in [0.25, 0.3) is 5.56 Å². The van der Waals surface area contributed by atoms with Gasteiger partial charge in [-0.3, -0.25) is 4.79 Å². The molecule has 0 unspecified atom stereocenters. The van der Waals surface area contributed by atoms with Crippen LogP contribution in [0.5, 0.6) is 0 Å². The summed E-state index contributed by atoms with van der Waals surface area (Å²) in [4.78, 5) is 24.0. The largest absolute Gasteiger partial charge is 0.465 e. The van der Waals surface area contributed by atoms with Crippen molar-refractivity contribution in [2.45, 2.75) is 13.3 Å². The van der Waals surface area contributed by atoms with Gasteiger partial charge in [0, 0.05) is 28.3 Å². The minimum atomic E-state index is -0.542. The summed E-state index contributed by atoms with van der Waals surface area (Å²) in [5, 5.41) is 0. The smallest absolute Gasteiger partial charge is 0.339 e. The maximum atomic E-state index is 14.1. The van der Waals surface area contributed by atoms with E-state index in [1.54, 1.807) is 26.1 Å². The number of aromatic nitrogens is 1. The highest BCUT2D eigenvalue weighted by Crippen LogP contribution is 2.19. The second-order valence-corrected chi connectivity index (χ2v) is 6.20. The molecule has 0 spiro atoms. The quantitative estimate of drug-likeness (QED) is 0.573. The minimum absolute atomic E-state index is 0.138. The van der Waals surface area contributed by atoms with Crippen molar-refractivity contribution in [1.82, 2.24) is 4.57 Å². The van der Waals surface area contributed by atoms with Gasteiger partial charge in [-0.1, -0.05) is 6.07 Å². The Morgan fingerprint density at radius 2 is 2.05 bits per heavy atom. The van der Waals surface area contributed by atoms with E-state index in [-0.39, 0.29) is 23.4 Å². The summed E-state index contributed by atoms with van der Waals surface area (Å²) in [6.45, 7) is 1.63. The molecular formula is C16H15FINO3. The van der Waals surface area contributed by atoms with E-state index in [0.29, 0.717) is 16.8 Å². The second kappa shape index (κ2) is 6.60. The molecule has 1 heterocycles. The number of ether oxygens (including phenoxy) is 1. The van der Waals surface area contributed by atoms with Gasteiger partial charge in [0.15, 0.2) is 0 Å². The summed E-state index contributed by atoms with van der Waals surface area (Å²) in [5.41, 5.74) is 1.36. The Bertz CT molecular complexity index is 799. The summed E-state index contributed by atoms with van der Waals surface area (Å²) in [5.74, 6) is -0.907. The van der Waals surface area contributed by atoms with Crippen molar-refractivity contribution < 1.29 is 13.9 Å². The maximum Gasteiger partial charge on any atom is 0.339 e. The molecule has 0 N–H and O–H groups in total. The summed E-state index contributed by atoms with van der Waals surface area (Å²) in [7, 11) is 2.85. The van der Waals surface area contributed by atoms with Crippen LogP contribution >= 0.6 is 22.6 Å². The van der Waals surface area contributed by atoms with Crippen LogP contribution in [0.15, 0.2) is 29.1 Å². The van der Waals surface area contributed by atoms with Gasteiger partial charge in [0.05, 0.1) is 12.7 Å². The molecule has 22 heavy (non-hydrogen) atoms. The van der Waals surface area contributed by atoms with Crippen molar-refractivity contribution in [2.75, 3.05) is 7.11 Å².